The van der Waals surface area contributed by atoms with E-state index in [2.05, 4.69) is 66.3 Å². The molecule has 5 heteroatoms. The third-order valence-electron chi connectivity index (χ3n) is 4.75. The Bertz CT molecular complexity index is 991. The minimum Gasteiger partial charge on any atom is -0.334 e. The first-order chi connectivity index (χ1) is 12.9. The number of aryl methyl sites for hydroxylation is 2. The first kappa shape index (κ1) is 19.1. The fourth-order valence-electron chi connectivity index (χ4n) is 3.26. The van der Waals surface area contributed by atoms with Gasteiger partial charge in [0.2, 0.25) is 0 Å². The van der Waals surface area contributed by atoms with Crippen LogP contribution in [-0.4, -0.2) is 10.6 Å². The van der Waals surface area contributed by atoms with Crippen molar-refractivity contribution in [3.05, 3.63) is 81.6 Å². The van der Waals surface area contributed by atoms with Crippen LogP contribution >= 0.6 is 11.6 Å². The summed E-state index contributed by atoms with van der Waals surface area (Å²) >= 11 is 6.11. The van der Waals surface area contributed by atoms with Gasteiger partial charge in [0.1, 0.15) is 0 Å². The number of urea groups is 1. The van der Waals surface area contributed by atoms with Gasteiger partial charge in [0.15, 0.2) is 0 Å². The van der Waals surface area contributed by atoms with Gasteiger partial charge in [-0.05, 0) is 74.7 Å². The van der Waals surface area contributed by atoms with Crippen molar-refractivity contribution in [3.8, 4) is 5.69 Å². The number of hydrogen-bond acceptors (Lipinski definition) is 1. The molecule has 1 aromatic heterocycles. The van der Waals surface area contributed by atoms with Crippen LogP contribution in [0.4, 0.5) is 10.5 Å². The van der Waals surface area contributed by atoms with E-state index < -0.39 is 0 Å². The molecule has 0 bridgehead atoms. The Morgan fingerprint density at radius 2 is 1.78 bits per heavy atom. The largest absolute Gasteiger partial charge is 0.334 e. The summed E-state index contributed by atoms with van der Waals surface area (Å²) in [5.74, 6) is 0. The van der Waals surface area contributed by atoms with Crippen LogP contribution in [0.15, 0.2) is 48.5 Å². The van der Waals surface area contributed by atoms with Gasteiger partial charge in [0.25, 0.3) is 0 Å². The third-order valence-corrected chi connectivity index (χ3v) is 5.16. The number of nitrogens with one attached hydrogen (secondary N) is 2. The predicted molar refractivity (Wildman–Crippen MR) is 112 cm³/mol. The van der Waals surface area contributed by atoms with E-state index in [1.165, 1.54) is 5.56 Å². The number of hydrogen-bond donors (Lipinski definition) is 2. The second-order valence-corrected chi connectivity index (χ2v) is 7.20. The molecule has 0 spiro atoms. The van der Waals surface area contributed by atoms with Crippen LogP contribution in [0.2, 0.25) is 5.02 Å². The second kappa shape index (κ2) is 7.89. The Morgan fingerprint density at radius 3 is 2.52 bits per heavy atom. The number of aromatic nitrogens is 1. The maximum atomic E-state index is 12.3. The molecular weight excluding hydrogens is 358 g/mol. The van der Waals surface area contributed by atoms with Crippen LogP contribution in [0.25, 0.3) is 5.69 Å². The fraction of sp³-hybridized carbons (Fsp3) is 0.227. The van der Waals surface area contributed by atoms with Gasteiger partial charge in [-0.25, -0.2) is 4.79 Å². The summed E-state index contributed by atoms with van der Waals surface area (Å²) in [7, 11) is 0. The number of halogens is 1. The van der Waals surface area contributed by atoms with E-state index >= 15 is 0 Å². The van der Waals surface area contributed by atoms with Gasteiger partial charge in [-0.2, -0.15) is 0 Å². The topological polar surface area (TPSA) is 46.1 Å². The molecule has 1 heterocycles. The van der Waals surface area contributed by atoms with Gasteiger partial charge >= 0.3 is 6.03 Å². The smallest absolute Gasteiger partial charge is 0.319 e. The maximum Gasteiger partial charge on any atom is 0.319 e. The quantitative estimate of drug-likeness (QED) is 0.599. The number of benzene rings is 2. The zero-order valence-corrected chi connectivity index (χ0v) is 16.8. The molecule has 0 unspecified atom stereocenters. The first-order valence-corrected chi connectivity index (χ1v) is 9.29. The van der Waals surface area contributed by atoms with E-state index in [0.29, 0.717) is 17.3 Å². The Hall–Kier alpha value is -2.72. The van der Waals surface area contributed by atoms with Crippen molar-refractivity contribution >= 4 is 23.3 Å². The zero-order chi connectivity index (χ0) is 19.6. The van der Waals surface area contributed by atoms with E-state index in [9.17, 15) is 4.79 Å². The maximum absolute atomic E-state index is 12.3. The molecule has 0 radical (unpaired) electrons. The lowest BCUT2D eigenvalue weighted by molar-refractivity contribution is 0.251. The van der Waals surface area contributed by atoms with Gasteiger partial charge in [0.05, 0.1) is 0 Å². The highest BCUT2D eigenvalue weighted by Crippen LogP contribution is 2.23. The lowest BCUT2D eigenvalue weighted by Gasteiger charge is -2.12. The summed E-state index contributed by atoms with van der Waals surface area (Å²) in [6.45, 7) is 8.58. The van der Waals surface area contributed by atoms with Crippen molar-refractivity contribution in [1.29, 1.82) is 0 Å². The zero-order valence-electron chi connectivity index (χ0n) is 16.1. The van der Waals surface area contributed by atoms with Crippen LogP contribution in [0, 0.1) is 27.7 Å². The molecule has 3 aromatic rings. The Labute approximate surface area is 165 Å². The van der Waals surface area contributed by atoms with Gasteiger partial charge in [-0.1, -0.05) is 29.8 Å². The highest BCUT2D eigenvalue weighted by atomic mass is 35.5. The standard InChI is InChI=1S/C22H24ClN3O/c1-14-7-5-8-19(11-14)26-15(2)12-18(17(26)4)13-24-22(27)25-21-10-6-9-20(23)16(21)3/h5-12H,13H2,1-4H3,(H2,24,25,27). The normalized spacial score (nSPS) is 10.7. The molecule has 0 atom stereocenters. The molecule has 4 nitrogen and oxygen atoms in total. The molecule has 140 valence electrons. The van der Waals surface area contributed by atoms with Gasteiger partial charge in [-0.15, -0.1) is 0 Å². The summed E-state index contributed by atoms with van der Waals surface area (Å²) in [6, 6.07) is 15.7. The van der Waals surface area contributed by atoms with E-state index in [1.54, 1.807) is 6.07 Å². The Morgan fingerprint density at radius 1 is 1.04 bits per heavy atom. The molecular formula is C22H24ClN3O. The molecule has 0 saturated heterocycles. The molecule has 2 aromatic carbocycles. The number of carbonyl (C=O) groups is 1. The molecule has 0 aliphatic carbocycles. The molecule has 0 aliphatic rings. The van der Waals surface area contributed by atoms with Gasteiger partial charge in [-0.3, -0.25) is 0 Å². The van der Waals surface area contributed by atoms with Crippen molar-refractivity contribution in [2.75, 3.05) is 5.32 Å². The molecule has 0 saturated carbocycles. The van der Waals surface area contributed by atoms with Crippen molar-refractivity contribution in [3.63, 3.8) is 0 Å². The van der Waals surface area contributed by atoms with Crippen molar-refractivity contribution in [1.82, 2.24) is 9.88 Å². The Kier molecular flexibility index (Phi) is 5.57. The minimum absolute atomic E-state index is 0.249. The van der Waals surface area contributed by atoms with Crippen molar-refractivity contribution in [2.45, 2.75) is 34.2 Å². The summed E-state index contributed by atoms with van der Waals surface area (Å²) < 4.78 is 2.21. The third kappa shape index (κ3) is 4.17. The molecule has 2 amide bonds. The van der Waals surface area contributed by atoms with Crippen LogP contribution in [0.5, 0.6) is 0 Å². The van der Waals surface area contributed by atoms with Gasteiger partial charge in [0, 0.05) is 34.3 Å². The molecule has 3 rings (SSSR count). The number of anilines is 1. The van der Waals surface area contributed by atoms with Crippen LogP contribution in [-0.2, 0) is 6.54 Å². The number of nitrogens with zero attached hydrogens (tertiary/aromatic N) is 1. The first-order valence-electron chi connectivity index (χ1n) is 8.91. The number of rotatable bonds is 4. The van der Waals surface area contributed by atoms with Crippen LogP contribution in [0.1, 0.15) is 28.1 Å². The fourth-order valence-corrected chi connectivity index (χ4v) is 3.43. The molecule has 27 heavy (non-hydrogen) atoms. The van der Waals surface area contributed by atoms with Crippen LogP contribution in [0.3, 0.4) is 0 Å². The Balaban J connectivity index is 1.72. The van der Waals surface area contributed by atoms with Gasteiger partial charge < -0.3 is 15.2 Å². The summed E-state index contributed by atoms with van der Waals surface area (Å²) in [5.41, 5.74) is 7.27. The van der Waals surface area contributed by atoms with E-state index in [-0.39, 0.29) is 6.03 Å². The summed E-state index contributed by atoms with van der Waals surface area (Å²) in [4.78, 5) is 12.3. The van der Waals surface area contributed by atoms with Crippen molar-refractivity contribution < 1.29 is 4.79 Å². The van der Waals surface area contributed by atoms with E-state index in [0.717, 1.165) is 28.2 Å². The highest BCUT2D eigenvalue weighted by molar-refractivity contribution is 6.31. The van der Waals surface area contributed by atoms with E-state index in [4.69, 9.17) is 11.6 Å². The molecule has 0 fully saturated rings. The van der Waals surface area contributed by atoms with Crippen molar-refractivity contribution in [2.24, 2.45) is 0 Å². The minimum atomic E-state index is -0.249. The van der Waals surface area contributed by atoms with E-state index in [1.807, 2.05) is 19.1 Å². The molecule has 2 N–H and O–H groups in total. The molecule has 0 aliphatic heterocycles. The lowest BCUT2D eigenvalue weighted by Crippen LogP contribution is -2.28. The number of amides is 2. The average Bonchev–Trinajstić information content (AvgIpc) is 2.91. The average molecular weight is 382 g/mol. The van der Waals surface area contributed by atoms with Crippen LogP contribution < -0.4 is 10.6 Å². The lowest BCUT2D eigenvalue weighted by atomic mass is 10.2. The summed E-state index contributed by atoms with van der Waals surface area (Å²) in [5, 5.41) is 6.43. The number of carbonyl (C=O) groups excluding carboxylic acids is 1. The predicted octanol–water partition coefficient (Wildman–Crippen LogP) is 5.69. The summed E-state index contributed by atoms with van der Waals surface area (Å²) in [6.07, 6.45) is 0. The monoisotopic (exact) mass is 381 g/mol. The SMILES string of the molecule is Cc1cccc(-n2c(C)cc(CNC(=O)Nc3cccc(Cl)c3C)c2C)c1. The highest BCUT2D eigenvalue weighted by Gasteiger charge is 2.12. The second-order valence-electron chi connectivity index (χ2n) is 6.79.